The van der Waals surface area contributed by atoms with Gasteiger partial charge in [-0.05, 0) is 25.5 Å². The van der Waals surface area contributed by atoms with Gasteiger partial charge in [-0.15, -0.1) is 0 Å². The zero-order valence-electron chi connectivity index (χ0n) is 12.2. The van der Waals surface area contributed by atoms with Gasteiger partial charge in [-0.2, -0.15) is 0 Å². The van der Waals surface area contributed by atoms with Crippen molar-refractivity contribution in [1.29, 1.82) is 0 Å². The van der Waals surface area contributed by atoms with Crippen molar-refractivity contribution in [2.45, 2.75) is 25.5 Å². The average molecular weight is 279 g/mol. The molecule has 0 saturated heterocycles. The van der Waals surface area contributed by atoms with E-state index >= 15 is 0 Å². The molecule has 0 fully saturated rings. The molecule has 21 heavy (non-hydrogen) atoms. The number of para-hydroxylation sites is 1. The van der Waals surface area contributed by atoms with E-state index in [2.05, 4.69) is 43.1 Å². The van der Waals surface area contributed by atoms with Gasteiger partial charge in [-0.25, -0.2) is 4.99 Å². The summed E-state index contributed by atoms with van der Waals surface area (Å²) in [5, 5.41) is 0. The Morgan fingerprint density at radius 1 is 1.00 bits per heavy atom. The highest BCUT2D eigenvalue weighted by atomic mass is 16.5. The third kappa shape index (κ3) is 2.00. The van der Waals surface area contributed by atoms with Crippen molar-refractivity contribution < 1.29 is 9.47 Å². The number of rotatable bonds is 1. The fourth-order valence-corrected chi connectivity index (χ4v) is 2.88. The third-order valence-electron chi connectivity index (χ3n) is 3.88. The highest BCUT2D eigenvalue weighted by molar-refractivity contribution is 5.89. The molecule has 3 heteroatoms. The van der Waals surface area contributed by atoms with Crippen LogP contribution >= 0.6 is 0 Å². The summed E-state index contributed by atoms with van der Waals surface area (Å²) in [5.41, 5.74) is 3.26. The highest BCUT2D eigenvalue weighted by Crippen LogP contribution is 2.43. The first-order valence-corrected chi connectivity index (χ1v) is 7.22. The topological polar surface area (TPSA) is 30.8 Å². The van der Waals surface area contributed by atoms with Crippen molar-refractivity contribution in [2.75, 3.05) is 6.61 Å². The Morgan fingerprint density at radius 3 is 2.48 bits per heavy atom. The number of benzene rings is 2. The minimum absolute atomic E-state index is 0.176. The number of hydrogen-bond acceptors (Lipinski definition) is 3. The first kappa shape index (κ1) is 12.5. The van der Waals surface area contributed by atoms with Crippen LogP contribution in [-0.4, -0.2) is 18.0 Å². The van der Waals surface area contributed by atoms with Crippen molar-refractivity contribution >= 4 is 5.90 Å². The Hall–Kier alpha value is -2.29. The van der Waals surface area contributed by atoms with Crippen LogP contribution in [0.15, 0.2) is 53.5 Å². The molecule has 0 aromatic heterocycles. The Labute approximate surface area is 124 Å². The second-order valence-electron chi connectivity index (χ2n) is 6.13. The van der Waals surface area contributed by atoms with Gasteiger partial charge in [-0.3, -0.25) is 0 Å². The van der Waals surface area contributed by atoms with Crippen molar-refractivity contribution in [3.8, 4) is 16.9 Å². The maximum atomic E-state index is 6.18. The lowest BCUT2D eigenvalue weighted by molar-refractivity contribution is 0.208. The van der Waals surface area contributed by atoms with Crippen molar-refractivity contribution in [3.05, 3.63) is 54.1 Å². The summed E-state index contributed by atoms with van der Waals surface area (Å²) in [6.45, 7) is 4.75. The molecule has 2 heterocycles. The van der Waals surface area contributed by atoms with Crippen LogP contribution in [0.5, 0.6) is 5.75 Å². The molecule has 2 aliphatic rings. The summed E-state index contributed by atoms with van der Waals surface area (Å²) in [7, 11) is 0. The van der Waals surface area contributed by atoms with Gasteiger partial charge in [0.05, 0.1) is 5.54 Å². The molecule has 106 valence electrons. The van der Waals surface area contributed by atoms with E-state index in [1.807, 2.05) is 24.3 Å². The summed E-state index contributed by atoms with van der Waals surface area (Å²) in [5.74, 6) is 1.57. The zero-order chi connectivity index (χ0) is 14.4. The fraction of sp³-hybridized carbons (Fsp3) is 0.278. The SMILES string of the molecule is CC1(C)COC(C2Oc3ccccc3-c3ccccc32)=N1. The monoisotopic (exact) mass is 279 g/mol. The lowest BCUT2D eigenvalue weighted by Gasteiger charge is -2.28. The number of aliphatic imine (C=N–C) groups is 1. The molecular formula is C18H17NO2. The molecule has 1 atom stereocenters. The molecule has 0 spiro atoms. The van der Waals surface area contributed by atoms with Gasteiger partial charge < -0.3 is 9.47 Å². The lowest BCUT2D eigenvalue weighted by atomic mass is 9.93. The van der Waals surface area contributed by atoms with Crippen LogP contribution < -0.4 is 4.74 Å². The molecule has 0 saturated carbocycles. The average Bonchev–Trinajstić information content (AvgIpc) is 2.86. The van der Waals surface area contributed by atoms with Crippen LogP contribution in [0.3, 0.4) is 0 Å². The van der Waals surface area contributed by atoms with E-state index in [9.17, 15) is 0 Å². The molecule has 2 aliphatic heterocycles. The Bertz CT molecular complexity index is 734. The van der Waals surface area contributed by atoms with Gasteiger partial charge in [0.2, 0.25) is 5.90 Å². The van der Waals surface area contributed by atoms with E-state index < -0.39 is 0 Å². The first-order valence-electron chi connectivity index (χ1n) is 7.22. The van der Waals surface area contributed by atoms with Crippen LogP contribution in [0.25, 0.3) is 11.1 Å². The third-order valence-corrected chi connectivity index (χ3v) is 3.88. The maximum Gasteiger partial charge on any atom is 0.231 e. The maximum absolute atomic E-state index is 6.18. The van der Waals surface area contributed by atoms with E-state index in [1.165, 1.54) is 5.56 Å². The largest absolute Gasteiger partial charge is 0.475 e. The molecule has 2 aromatic rings. The quantitative estimate of drug-likeness (QED) is 0.790. The van der Waals surface area contributed by atoms with Gasteiger partial charge in [0.1, 0.15) is 12.4 Å². The number of fused-ring (bicyclic) bond motifs is 3. The number of hydrogen-bond donors (Lipinski definition) is 0. The second-order valence-corrected chi connectivity index (χ2v) is 6.13. The standard InChI is InChI=1S/C18H17NO2/c1-18(2)11-20-17(19-18)16-14-9-4-3-7-12(14)13-8-5-6-10-15(13)21-16/h3-10,16H,11H2,1-2H3. The molecule has 0 N–H and O–H groups in total. The second kappa shape index (κ2) is 4.35. The minimum Gasteiger partial charge on any atom is -0.475 e. The van der Waals surface area contributed by atoms with Gasteiger partial charge in [-0.1, -0.05) is 42.5 Å². The van der Waals surface area contributed by atoms with Crippen LogP contribution in [0, 0.1) is 0 Å². The summed E-state index contributed by atoms with van der Waals surface area (Å²) >= 11 is 0. The zero-order valence-corrected chi connectivity index (χ0v) is 12.2. The molecule has 0 aliphatic carbocycles. The van der Waals surface area contributed by atoms with Crippen LogP contribution in [0.1, 0.15) is 25.5 Å². The molecule has 3 nitrogen and oxygen atoms in total. The predicted molar refractivity (Wildman–Crippen MR) is 82.7 cm³/mol. The Balaban J connectivity index is 1.86. The summed E-state index contributed by atoms with van der Waals surface area (Å²) < 4.78 is 12.0. The van der Waals surface area contributed by atoms with E-state index in [0.717, 1.165) is 16.9 Å². The normalized spacial score (nSPS) is 21.6. The van der Waals surface area contributed by atoms with Gasteiger partial charge in [0.15, 0.2) is 6.10 Å². The summed E-state index contributed by atoms with van der Waals surface area (Å²) in [6.07, 6.45) is -0.252. The molecule has 1 unspecified atom stereocenters. The summed E-state index contributed by atoms with van der Waals surface area (Å²) in [4.78, 5) is 4.69. The molecule has 2 aromatic carbocycles. The van der Waals surface area contributed by atoms with Crippen molar-refractivity contribution in [1.82, 2.24) is 0 Å². The molecule has 4 rings (SSSR count). The van der Waals surface area contributed by atoms with Crippen LogP contribution in [-0.2, 0) is 4.74 Å². The van der Waals surface area contributed by atoms with Crippen LogP contribution in [0.4, 0.5) is 0 Å². The highest BCUT2D eigenvalue weighted by Gasteiger charge is 2.36. The van der Waals surface area contributed by atoms with Crippen LogP contribution in [0.2, 0.25) is 0 Å². The van der Waals surface area contributed by atoms with Gasteiger partial charge in [0.25, 0.3) is 0 Å². The van der Waals surface area contributed by atoms with E-state index in [-0.39, 0.29) is 11.6 Å². The molecule has 0 amide bonds. The fourth-order valence-electron chi connectivity index (χ4n) is 2.88. The summed E-state index contributed by atoms with van der Waals surface area (Å²) in [6, 6.07) is 16.4. The molecule has 0 radical (unpaired) electrons. The van der Waals surface area contributed by atoms with Gasteiger partial charge >= 0.3 is 0 Å². The number of nitrogens with zero attached hydrogens (tertiary/aromatic N) is 1. The van der Waals surface area contributed by atoms with E-state index in [0.29, 0.717) is 12.5 Å². The lowest BCUT2D eigenvalue weighted by Crippen LogP contribution is -2.23. The number of ether oxygens (including phenoxy) is 2. The molecule has 0 bridgehead atoms. The van der Waals surface area contributed by atoms with E-state index in [4.69, 9.17) is 9.47 Å². The Kier molecular flexibility index (Phi) is 2.58. The van der Waals surface area contributed by atoms with E-state index in [1.54, 1.807) is 0 Å². The van der Waals surface area contributed by atoms with Crippen molar-refractivity contribution in [3.63, 3.8) is 0 Å². The Morgan fingerprint density at radius 2 is 1.71 bits per heavy atom. The first-order chi connectivity index (χ1) is 10.1. The smallest absolute Gasteiger partial charge is 0.231 e. The molecular weight excluding hydrogens is 262 g/mol. The minimum atomic E-state index is -0.252. The van der Waals surface area contributed by atoms with Crippen molar-refractivity contribution in [2.24, 2.45) is 4.99 Å². The predicted octanol–water partition coefficient (Wildman–Crippen LogP) is 3.99. The van der Waals surface area contributed by atoms with Gasteiger partial charge in [0, 0.05) is 11.1 Å².